The average molecular weight is 395 g/mol. The zero-order valence-corrected chi connectivity index (χ0v) is 17.4. The molecule has 0 heterocycles. The van der Waals surface area contributed by atoms with E-state index >= 15 is 0 Å². The van der Waals surface area contributed by atoms with Crippen molar-refractivity contribution in [1.82, 2.24) is 5.32 Å². The van der Waals surface area contributed by atoms with Gasteiger partial charge in [-0.05, 0) is 86.7 Å². The molecule has 0 saturated heterocycles. The summed E-state index contributed by atoms with van der Waals surface area (Å²) < 4.78 is 5.46. The molecular weight excluding hydrogens is 364 g/mol. The van der Waals surface area contributed by atoms with Gasteiger partial charge in [0.25, 0.3) is 5.91 Å². The predicted octanol–water partition coefficient (Wildman–Crippen LogP) is 4.18. The zero-order chi connectivity index (χ0) is 20.8. The molecule has 2 atom stereocenters. The minimum Gasteiger partial charge on any atom is -0.496 e. The Morgan fingerprint density at radius 2 is 2.00 bits per heavy atom. The second-order valence-electron chi connectivity index (χ2n) is 7.58. The Hall–Kier alpha value is -2.79. The number of benzene rings is 2. The molecule has 0 spiro atoms. The maximum Gasteiger partial charge on any atom is 0.255 e. The molecule has 2 unspecified atom stereocenters. The summed E-state index contributed by atoms with van der Waals surface area (Å²) in [4.78, 5) is 12.9. The molecule has 1 amide bonds. The van der Waals surface area contributed by atoms with Crippen LogP contribution in [0.1, 0.15) is 53.2 Å². The van der Waals surface area contributed by atoms with Gasteiger partial charge in [0, 0.05) is 5.69 Å². The molecule has 2 aromatic carbocycles. The number of amides is 1. The molecule has 1 fully saturated rings. The lowest BCUT2D eigenvalue weighted by atomic mass is 9.97. The number of aryl methyl sites for hydroxylation is 1. The molecule has 1 saturated carbocycles. The maximum atomic E-state index is 12.9. The van der Waals surface area contributed by atoms with E-state index in [1.165, 1.54) is 5.56 Å². The SMILES string of the molecule is C/C=C\Nc1ccc(Cc2cc(C(=O)NC3CCCC3O)c(OC)cc2C)cc1. The Morgan fingerprint density at radius 1 is 1.24 bits per heavy atom. The van der Waals surface area contributed by atoms with Crippen molar-refractivity contribution >= 4 is 11.6 Å². The van der Waals surface area contributed by atoms with E-state index in [0.29, 0.717) is 11.3 Å². The van der Waals surface area contributed by atoms with Gasteiger partial charge in [-0.1, -0.05) is 18.2 Å². The Balaban J connectivity index is 1.80. The van der Waals surface area contributed by atoms with Crippen LogP contribution in [0.4, 0.5) is 5.69 Å². The van der Waals surface area contributed by atoms with Crippen molar-refractivity contribution in [2.75, 3.05) is 12.4 Å². The molecule has 3 N–H and O–H groups in total. The number of aliphatic hydroxyl groups is 1. The highest BCUT2D eigenvalue weighted by Crippen LogP contribution is 2.27. The molecule has 29 heavy (non-hydrogen) atoms. The first-order chi connectivity index (χ1) is 14.0. The molecular formula is C24H30N2O3. The third-order valence-electron chi connectivity index (χ3n) is 5.46. The van der Waals surface area contributed by atoms with Crippen molar-refractivity contribution in [3.05, 3.63) is 70.9 Å². The Bertz CT molecular complexity index is 874. The number of ether oxygens (including phenoxy) is 1. The number of hydrogen-bond acceptors (Lipinski definition) is 4. The lowest BCUT2D eigenvalue weighted by Crippen LogP contribution is -2.40. The second-order valence-corrected chi connectivity index (χ2v) is 7.58. The number of methoxy groups -OCH3 is 1. The summed E-state index contributed by atoms with van der Waals surface area (Å²) in [7, 11) is 1.58. The third kappa shape index (κ3) is 5.18. The highest BCUT2D eigenvalue weighted by molar-refractivity contribution is 5.97. The van der Waals surface area contributed by atoms with Crippen molar-refractivity contribution in [1.29, 1.82) is 0 Å². The molecule has 5 heteroatoms. The molecule has 1 aliphatic carbocycles. The lowest BCUT2D eigenvalue weighted by Gasteiger charge is -2.19. The molecule has 2 aromatic rings. The van der Waals surface area contributed by atoms with Crippen LogP contribution in [0.5, 0.6) is 5.75 Å². The number of carbonyl (C=O) groups is 1. The molecule has 1 aliphatic rings. The summed E-state index contributed by atoms with van der Waals surface area (Å²) in [5.74, 6) is 0.363. The predicted molar refractivity (Wildman–Crippen MR) is 117 cm³/mol. The van der Waals surface area contributed by atoms with Gasteiger partial charge >= 0.3 is 0 Å². The number of aliphatic hydroxyl groups excluding tert-OH is 1. The summed E-state index contributed by atoms with van der Waals surface area (Å²) in [5.41, 5.74) is 4.88. The number of anilines is 1. The number of carbonyl (C=O) groups excluding carboxylic acids is 1. The van der Waals surface area contributed by atoms with Crippen LogP contribution in [-0.2, 0) is 6.42 Å². The topological polar surface area (TPSA) is 70.6 Å². The third-order valence-corrected chi connectivity index (χ3v) is 5.46. The van der Waals surface area contributed by atoms with E-state index in [9.17, 15) is 9.90 Å². The zero-order valence-electron chi connectivity index (χ0n) is 17.4. The number of rotatable bonds is 7. The highest BCUT2D eigenvalue weighted by Gasteiger charge is 2.28. The Kier molecular flexibility index (Phi) is 6.94. The summed E-state index contributed by atoms with van der Waals surface area (Å²) in [6.07, 6.45) is 6.58. The van der Waals surface area contributed by atoms with Crippen LogP contribution in [0, 0.1) is 6.92 Å². The first-order valence-corrected chi connectivity index (χ1v) is 10.1. The van der Waals surface area contributed by atoms with Crippen molar-refractivity contribution in [3.63, 3.8) is 0 Å². The average Bonchev–Trinajstić information content (AvgIpc) is 3.13. The van der Waals surface area contributed by atoms with Gasteiger partial charge in [0.15, 0.2) is 0 Å². The van der Waals surface area contributed by atoms with E-state index in [0.717, 1.165) is 42.5 Å². The van der Waals surface area contributed by atoms with Gasteiger partial charge in [0.1, 0.15) is 5.75 Å². The Labute approximate surface area is 172 Å². The highest BCUT2D eigenvalue weighted by atomic mass is 16.5. The van der Waals surface area contributed by atoms with Crippen molar-refractivity contribution in [2.24, 2.45) is 0 Å². The minimum atomic E-state index is -0.468. The molecule has 0 aromatic heterocycles. The summed E-state index contributed by atoms with van der Waals surface area (Å²) >= 11 is 0. The van der Waals surface area contributed by atoms with E-state index in [1.54, 1.807) is 7.11 Å². The van der Waals surface area contributed by atoms with Gasteiger partial charge in [-0.2, -0.15) is 0 Å². The molecule has 154 valence electrons. The van der Waals surface area contributed by atoms with Crippen LogP contribution in [-0.4, -0.2) is 30.3 Å². The van der Waals surface area contributed by atoms with E-state index in [1.807, 2.05) is 50.4 Å². The van der Waals surface area contributed by atoms with Crippen LogP contribution in [0.25, 0.3) is 0 Å². The monoisotopic (exact) mass is 394 g/mol. The number of nitrogens with one attached hydrogen (secondary N) is 2. The van der Waals surface area contributed by atoms with E-state index in [2.05, 4.69) is 22.8 Å². The number of hydrogen-bond donors (Lipinski definition) is 3. The standard InChI is InChI=1S/C24H30N2O3/c1-4-12-25-19-10-8-17(9-11-19)14-18-15-20(23(29-3)13-16(18)2)24(28)26-21-6-5-7-22(21)27/h4,8-13,15,21-22,25,27H,5-7,14H2,1-3H3,(H,26,28)/b12-4-. The fourth-order valence-corrected chi connectivity index (χ4v) is 3.74. The van der Waals surface area contributed by atoms with E-state index in [-0.39, 0.29) is 11.9 Å². The normalized spacial score (nSPS) is 18.8. The maximum absolute atomic E-state index is 12.9. The van der Waals surface area contributed by atoms with E-state index in [4.69, 9.17) is 4.74 Å². The van der Waals surface area contributed by atoms with Crippen LogP contribution in [0.3, 0.4) is 0 Å². The fourth-order valence-electron chi connectivity index (χ4n) is 3.74. The summed E-state index contributed by atoms with van der Waals surface area (Å²) in [6.45, 7) is 4.00. The Morgan fingerprint density at radius 3 is 2.62 bits per heavy atom. The van der Waals surface area contributed by atoms with E-state index < -0.39 is 6.10 Å². The van der Waals surface area contributed by atoms with Crippen LogP contribution in [0.15, 0.2) is 48.7 Å². The second kappa shape index (κ2) is 9.61. The quantitative estimate of drug-likeness (QED) is 0.659. The molecule has 0 bridgehead atoms. The van der Waals surface area contributed by atoms with Crippen LogP contribution < -0.4 is 15.4 Å². The molecule has 5 nitrogen and oxygen atoms in total. The van der Waals surface area contributed by atoms with Crippen molar-refractivity contribution in [2.45, 2.75) is 51.7 Å². The van der Waals surface area contributed by atoms with Gasteiger partial charge < -0.3 is 20.5 Å². The molecule has 0 radical (unpaired) electrons. The lowest BCUT2D eigenvalue weighted by molar-refractivity contribution is 0.0870. The van der Waals surface area contributed by atoms with Crippen LogP contribution in [0.2, 0.25) is 0 Å². The van der Waals surface area contributed by atoms with Gasteiger partial charge in [-0.15, -0.1) is 0 Å². The fraction of sp³-hybridized carbons (Fsp3) is 0.375. The smallest absolute Gasteiger partial charge is 0.255 e. The largest absolute Gasteiger partial charge is 0.496 e. The van der Waals surface area contributed by atoms with Gasteiger partial charge in [-0.3, -0.25) is 4.79 Å². The summed E-state index contributed by atoms with van der Waals surface area (Å²) in [6, 6.07) is 11.9. The van der Waals surface area contributed by atoms with Gasteiger partial charge in [-0.25, -0.2) is 0 Å². The molecule has 0 aliphatic heterocycles. The number of allylic oxidation sites excluding steroid dienone is 1. The first-order valence-electron chi connectivity index (χ1n) is 10.1. The van der Waals surface area contributed by atoms with Crippen molar-refractivity contribution < 1.29 is 14.6 Å². The molecule has 3 rings (SSSR count). The minimum absolute atomic E-state index is 0.186. The summed E-state index contributed by atoms with van der Waals surface area (Å²) in [5, 5.41) is 16.2. The first kappa shape index (κ1) is 20.9. The van der Waals surface area contributed by atoms with Gasteiger partial charge in [0.2, 0.25) is 0 Å². The van der Waals surface area contributed by atoms with Gasteiger partial charge in [0.05, 0.1) is 24.8 Å². The van der Waals surface area contributed by atoms with Crippen LogP contribution >= 0.6 is 0 Å². The van der Waals surface area contributed by atoms with Crippen molar-refractivity contribution in [3.8, 4) is 5.75 Å².